The lowest BCUT2D eigenvalue weighted by atomic mass is 9.96. The van der Waals surface area contributed by atoms with Gasteiger partial charge in [-0.2, -0.15) is 0 Å². The van der Waals surface area contributed by atoms with Crippen molar-refractivity contribution in [1.29, 1.82) is 0 Å². The summed E-state index contributed by atoms with van der Waals surface area (Å²) in [5, 5.41) is 53.3. The van der Waals surface area contributed by atoms with Gasteiger partial charge in [0.15, 0.2) is 25.2 Å². The van der Waals surface area contributed by atoms with Crippen molar-refractivity contribution in [3.05, 3.63) is 0 Å². The Morgan fingerprint density at radius 3 is 1.46 bits per heavy atom. The van der Waals surface area contributed by atoms with E-state index in [2.05, 4.69) is 0 Å². The summed E-state index contributed by atoms with van der Waals surface area (Å²) in [6, 6.07) is 0. The van der Waals surface area contributed by atoms with Gasteiger partial charge in [-0.25, -0.2) is 0 Å². The van der Waals surface area contributed by atoms with Gasteiger partial charge in [-0.3, -0.25) is 0 Å². The summed E-state index contributed by atoms with van der Waals surface area (Å²) in [5.74, 6) is 0. The van der Waals surface area contributed by atoms with Crippen LogP contribution in [0.2, 0.25) is 0 Å². The zero-order chi connectivity index (χ0) is 33.9. The van der Waals surface area contributed by atoms with Crippen LogP contribution in [0, 0.1) is 0 Å². The molecule has 4 heterocycles. The maximum atomic E-state index is 11.3. The van der Waals surface area contributed by atoms with Crippen molar-refractivity contribution < 1.29 is 82.4 Å². The molecule has 5 N–H and O–H groups in total. The van der Waals surface area contributed by atoms with Gasteiger partial charge in [-0.05, 0) is 20.8 Å². The van der Waals surface area contributed by atoms with Gasteiger partial charge in [0, 0.05) is 42.0 Å². The summed E-state index contributed by atoms with van der Waals surface area (Å²) in [5.41, 5.74) is 0. The molecule has 0 unspecified atom stereocenters. The number of ether oxygens (including phenoxy) is 12. The number of aliphatic hydroxyl groups excluding tert-OH is 5. The number of rotatable bonds is 12. The lowest BCUT2D eigenvalue weighted by Gasteiger charge is -2.50. The first kappa shape index (κ1) is 38.1. The Morgan fingerprint density at radius 2 is 1.00 bits per heavy atom. The molecule has 4 aliphatic rings. The van der Waals surface area contributed by atoms with Crippen molar-refractivity contribution >= 4 is 0 Å². The molecule has 0 aromatic rings. The van der Waals surface area contributed by atoms with Gasteiger partial charge >= 0.3 is 0 Å². The Balaban J connectivity index is 1.54. The van der Waals surface area contributed by atoms with Crippen LogP contribution in [0.25, 0.3) is 0 Å². The van der Waals surface area contributed by atoms with Gasteiger partial charge in [-0.15, -0.1) is 0 Å². The average Bonchev–Trinajstić information content (AvgIpc) is 3.02. The first-order chi connectivity index (χ1) is 21.9. The topological polar surface area (TPSA) is 212 Å². The van der Waals surface area contributed by atoms with Crippen LogP contribution in [0.3, 0.4) is 0 Å². The molecule has 0 bridgehead atoms. The van der Waals surface area contributed by atoms with Gasteiger partial charge in [0.1, 0.15) is 67.1 Å². The molecule has 0 saturated carbocycles. The van der Waals surface area contributed by atoms with E-state index in [1.807, 2.05) is 0 Å². The predicted molar refractivity (Wildman–Crippen MR) is 152 cm³/mol. The Hall–Kier alpha value is -0.680. The van der Waals surface area contributed by atoms with Crippen LogP contribution in [-0.2, 0) is 56.8 Å². The van der Waals surface area contributed by atoms with E-state index in [1.54, 1.807) is 20.8 Å². The Labute approximate surface area is 268 Å². The van der Waals surface area contributed by atoms with Gasteiger partial charge in [0.2, 0.25) is 0 Å². The zero-order valence-electron chi connectivity index (χ0n) is 27.5. The second kappa shape index (κ2) is 16.8. The smallest absolute Gasteiger partial charge is 0.187 e. The minimum Gasteiger partial charge on any atom is -0.394 e. The zero-order valence-corrected chi connectivity index (χ0v) is 27.5. The van der Waals surface area contributed by atoms with E-state index in [-0.39, 0.29) is 6.42 Å². The van der Waals surface area contributed by atoms with Crippen molar-refractivity contribution in [3.63, 3.8) is 0 Å². The number of hydrogen-bond donors (Lipinski definition) is 5. The molecule has 0 aromatic carbocycles. The normalized spacial score (nSPS) is 50.4. The summed E-state index contributed by atoms with van der Waals surface area (Å²) < 4.78 is 70.1. The van der Waals surface area contributed by atoms with E-state index in [9.17, 15) is 25.5 Å². The highest BCUT2D eigenvalue weighted by Gasteiger charge is 2.55. The fourth-order valence-corrected chi connectivity index (χ4v) is 6.67. The largest absolute Gasteiger partial charge is 0.394 e. The number of aliphatic hydroxyl groups is 5. The molecule has 4 aliphatic heterocycles. The lowest BCUT2D eigenvalue weighted by Crippen LogP contribution is -2.67. The summed E-state index contributed by atoms with van der Waals surface area (Å²) in [6.07, 6.45) is -18.6. The van der Waals surface area contributed by atoms with E-state index in [1.165, 1.54) is 35.5 Å². The molecular weight excluding hydrogens is 620 g/mol. The first-order valence-corrected chi connectivity index (χ1v) is 15.5. The lowest BCUT2D eigenvalue weighted by molar-refractivity contribution is -0.385. The number of methoxy groups -OCH3 is 5. The predicted octanol–water partition coefficient (Wildman–Crippen LogP) is -2.37. The average molecular weight is 673 g/mol. The summed E-state index contributed by atoms with van der Waals surface area (Å²) in [4.78, 5) is 0. The maximum Gasteiger partial charge on any atom is 0.187 e. The Kier molecular flexibility index (Phi) is 13.9. The molecule has 46 heavy (non-hydrogen) atoms. The highest BCUT2D eigenvalue weighted by molar-refractivity contribution is 4.97. The number of hydrogen-bond acceptors (Lipinski definition) is 17. The summed E-state index contributed by atoms with van der Waals surface area (Å²) in [6.45, 7) is 4.54. The molecule has 0 aromatic heterocycles. The quantitative estimate of drug-likeness (QED) is 0.147. The van der Waals surface area contributed by atoms with E-state index < -0.39 is 123 Å². The second-order valence-electron chi connectivity index (χ2n) is 12.0. The molecule has 0 spiro atoms. The fraction of sp³-hybridized carbons (Fsp3) is 1.00. The van der Waals surface area contributed by atoms with Crippen LogP contribution >= 0.6 is 0 Å². The van der Waals surface area contributed by atoms with E-state index in [0.717, 1.165) is 0 Å². The molecular formula is C29H52O17. The molecule has 270 valence electrons. The molecule has 4 rings (SSSR count). The van der Waals surface area contributed by atoms with Gasteiger partial charge in [0.05, 0.1) is 31.0 Å². The molecule has 19 atom stereocenters. The molecule has 0 radical (unpaired) electrons. The standard InChI is InChI=1S/C29H52O17/c1-11-17(32)21(44-16-9-14(31)19(35-4)13(3)40-16)25(38-7)28(41-11)45-22-18(33)12(2)42-29(26(22)39-8)46-23-20(36-5)15(10-30)43-27(34)24(23)37-6/h11-34H,9-10H2,1-8H3/t11-,12-,13+,14+,15-,16+,17+,18-,19+,20-,21+,22+,23+,24+,25-,26+,27+,28-,29-/m0/s1. The summed E-state index contributed by atoms with van der Waals surface area (Å²) in [7, 11) is 7.04. The minimum absolute atomic E-state index is 0.0905. The molecule has 4 fully saturated rings. The van der Waals surface area contributed by atoms with Gasteiger partial charge in [-0.1, -0.05) is 0 Å². The van der Waals surface area contributed by atoms with Gasteiger partial charge < -0.3 is 82.4 Å². The third kappa shape index (κ3) is 7.87. The van der Waals surface area contributed by atoms with Crippen molar-refractivity contribution in [3.8, 4) is 0 Å². The molecule has 17 heteroatoms. The molecule has 17 nitrogen and oxygen atoms in total. The molecule has 0 amide bonds. The van der Waals surface area contributed by atoms with Crippen LogP contribution < -0.4 is 0 Å². The highest BCUT2D eigenvalue weighted by atomic mass is 16.8. The van der Waals surface area contributed by atoms with Crippen molar-refractivity contribution in [2.75, 3.05) is 42.2 Å². The fourth-order valence-electron chi connectivity index (χ4n) is 6.67. The van der Waals surface area contributed by atoms with Crippen LogP contribution in [0.4, 0.5) is 0 Å². The van der Waals surface area contributed by atoms with Crippen molar-refractivity contribution in [2.45, 2.75) is 144 Å². The van der Waals surface area contributed by atoms with Crippen LogP contribution in [-0.4, -0.2) is 184 Å². The SMILES string of the molecule is CO[C@@H]1[C@H](O[C@@H]2[C@@H](O)[C@H](C)O[C@@H](O[C@H]3[C@@H](OC)[C@H](O)O[C@@H](CO)[C@@H]3OC)[C@@H]2OC)O[C@@H](C)[C@@H](O)[C@H]1O[C@@H]1C[C@@H](O)[C@H](OC)[C@@H](C)O1. The van der Waals surface area contributed by atoms with Crippen LogP contribution in [0.5, 0.6) is 0 Å². The maximum absolute atomic E-state index is 11.3. The first-order valence-electron chi connectivity index (χ1n) is 15.5. The Bertz CT molecular complexity index is 905. The minimum atomic E-state index is -1.45. The van der Waals surface area contributed by atoms with E-state index in [0.29, 0.717) is 0 Å². The molecule has 0 aliphatic carbocycles. The van der Waals surface area contributed by atoms with Gasteiger partial charge in [0.25, 0.3) is 0 Å². The summed E-state index contributed by atoms with van der Waals surface area (Å²) >= 11 is 0. The van der Waals surface area contributed by atoms with Crippen LogP contribution in [0.1, 0.15) is 27.2 Å². The second-order valence-corrected chi connectivity index (χ2v) is 12.0. The van der Waals surface area contributed by atoms with E-state index >= 15 is 0 Å². The monoisotopic (exact) mass is 672 g/mol. The highest BCUT2D eigenvalue weighted by Crippen LogP contribution is 2.36. The third-order valence-electron chi connectivity index (χ3n) is 9.20. The van der Waals surface area contributed by atoms with Crippen molar-refractivity contribution in [2.24, 2.45) is 0 Å². The molecule has 4 saturated heterocycles. The van der Waals surface area contributed by atoms with Crippen LogP contribution in [0.15, 0.2) is 0 Å². The van der Waals surface area contributed by atoms with E-state index in [4.69, 9.17) is 56.8 Å². The Morgan fingerprint density at radius 1 is 0.522 bits per heavy atom. The third-order valence-corrected chi connectivity index (χ3v) is 9.20. The van der Waals surface area contributed by atoms with Crippen molar-refractivity contribution in [1.82, 2.24) is 0 Å².